The number of para-hydroxylation sites is 2. The van der Waals surface area contributed by atoms with Crippen molar-refractivity contribution in [2.24, 2.45) is 5.92 Å². The number of amides is 1. The molecule has 0 bridgehead atoms. The lowest BCUT2D eigenvalue weighted by Crippen LogP contribution is -2.30. The number of carbonyl (C=O) groups excluding carboxylic acids is 1. The van der Waals surface area contributed by atoms with Gasteiger partial charge in [-0.3, -0.25) is 9.78 Å². The highest BCUT2D eigenvalue weighted by Gasteiger charge is 2.15. The predicted molar refractivity (Wildman–Crippen MR) is 100 cm³/mol. The highest BCUT2D eigenvalue weighted by Crippen LogP contribution is 2.26. The zero-order valence-electron chi connectivity index (χ0n) is 15.2. The minimum Gasteiger partial charge on any atom is -0.493 e. The highest BCUT2D eigenvalue weighted by atomic mass is 16.5. The standard InChI is InChI=1S/C21H26N2O3/c1-25-19-9-5-6-10-20(19)26-15-18-12-11-17(14-22-18)21(24)23-13-16-7-3-2-4-8-16/h5-6,9-12,14,16H,2-4,7-8,13,15H2,1H3,(H,23,24). The number of hydrogen-bond acceptors (Lipinski definition) is 4. The number of carbonyl (C=O) groups is 1. The largest absolute Gasteiger partial charge is 0.493 e. The lowest BCUT2D eigenvalue weighted by Gasteiger charge is -2.21. The zero-order chi connectivity index (χ0) is 18.2. The van der Waals surface area contributed by atoms with E-state index in [0.29, 0.717) is 29.6 Å². The minimum absolute atomic E-state index is 0.0553. The van der Waals surface area contributed by atoms with Crippen LogP contribution >= 0.6 is 0 Å². The number of methoxy groups -OCH3 is 1. The van der Waals surface area contributed by atoms with Gasteiger partial charge in [0.2, 0.25) is 0 Å². The summed E-state index contributed by atoms with van der Waals surface area (Å²) < 4.78 is 11.0. The van der Waals surface area contributed by atoms with Gasteiger partial charge in [-0.25, -0.2) is 0 Å². The van der Waals surface area contributed by atoms with Crippen LogP contribution in [0.3, 0.4) is 0 Å². The van der Waals surface area contributed by atoms with Crippen molar-refractivity contribution in [2.75, 3.05) is 13.7 Å². The van der Waals surface area contributed by atoms with Gasteiger partial charge < -0.3 is 14.8 Å². The number of ether oxygens (including phenoxy) is 2. The molecule has 138 valence electrons. The number of rotatable bonds is 7. The lowest BCUT2D eigenvalue weighted by atomic mass is 9.89. The maximum Gasteiger partial charge on any atom is 0.252 e. The molecule has 1 aromatic carbocycles. The Morgan fingerprint density at radius 2 is 1.88 bits per heavy atom. The van der Waals surface area contributed by atoms with E-state index in [2.05, 4.69) is 10.3 Å². The van der Waals surface area contributed by atoms with Gasteiger partial charge in [0, 0.05) is 12.7 Å². The van der Waals surface area contributed by atoms with Gasteiger partial charge in [-0.2, -0.15) is 0 Å². The van der Waals surface area contributed by atoms with Gasteiger partial charge in [-0.05, 0) is 43.0 Å². The first-order chi connectivity index (χ1) is 12.8. The third kappa shape index (κ3) is 4.97. The number of aromatic nitrogens is 1. The van der Waals surface area contributed by atoms with Gasteiger partial charge in [-0.1, -0.05) is 31.4 Å². The maximum atomic E-state index is 12.3. The van der Waals surface area contributed by atoms with E-state index in [1.807, 2.05) is 30.3 Å². The molecule has 0 radical (unpaired) electrons. The smallest absolute Gasteiger partial charge is 0.252 e. The third-order valence-electron chi connectivity index (χ3n) is 4.81. The summed E-state index contributed by atoms with van der Waals surface area (Å²) in [6.07, 6.45) is 7.94. The first kappa shape index (κ1) is 18.2. The Morgan fingerprint density at radius 3 is 2.58 bits per heavy atom. The van der Waals surface area contributed by atoms with Gasteiger partial charge in [0.05, 0.1) is 18.4 Å². The third-order valence-corrected chi connectivity index (χ3v) is 4.81. The molecular weight excluding hydrogens is 328 g/mol. The van der Waals surface area contributed by atoms with E-state index in [9.17, 15) is 4.79 Å². The molecule has 0 unspecified atom stereocenters. The molecule has 1 heterocycles. The minimum atomic E-state index is -0.0553. The van der Waals surface area contributed by atoms with Crippen LogP contribution in [-0.2, 0) is 6.61 Å². The van der Waals surface area contributed by atoms with Crippen LogP contribution in [0.4, 0.5) is 0 Å². The molecule has 1 amide bonds. The van der Waals surface area contributed by atoms with Crippen molar-refractivity contribution in [3.63, 3.8) is 0 Å². The summed E-state index contributed by atoms with van der Waals surface area (Å²) in [5.41, 5.74) is 1.35. The summed E-state index contributed by atoms with van der Waals surface area (Å²) in [5.74, 6) is 1.92. The van der Waals surface area contributed by atoms with Crippen LogP contribution in [0, 0.1) is 5.92 Å². The molecule has 1 aliphatic rings. The molecule has 1 fully saturated rings. The van der Waals surface area contributed by atoms with Crippen LogP contribution < -0.4 is 14.8 Å². The first-order valence-corrected chi connectivity index (χ1v) is 9.25. The summed E-state index contributed by atoms with van der Waals surface area (Å²) in [6, 6.07) is 11.1. The highest BCUT2D eigenvalue weighted by molar-refractivity contribution is 5.93. The number of pyridine rings is 1. The second kappa shape index (κ2) is 9.22. The Labute approximate surface area is 154 Å². The zero-order valence-corrected chi connectivity index (χ0v) is 15.2. The molecular formula is C21H26N2O3. The predicted octanol–water partition coefficient (Wildman–Crippen LogP) is 3.98. The van der Waals surface area contributed by atoms with E-state index >= 15 is 0 Å². The fraction of sp³-hybridized carbons (Fsp3) is 0.429. The Kier molecular flexibility index (Phi) is 6.47. The number of nitrogens with one attached hydrogen (secondary N) is 1. The van der Waals surface area contributed by atoms with E-state index < -0.39 is 0 Å². The Balaban J connectivity index is 1.50. The van der Waals surface area contributed by atoms with E-state index in [1.165, 1.54) is 32.1 Å². The van der Waals surface area contributed by atoms with Gasteiger partial charge in [0.1, 0.15) is 6.61 Å². The molecule has 1 aromatic heterocycles. The summed E-state index contributed by atoms with van der Waals surface area (Å²) in [6.45, 7) is 1.09. The molecule has 1 saturated carbocycles. The first-order valence-electron chi connectivity index (χ1n) is 9.25. The van der Waals surface area contributed by atoms with Crippen LogP contribution in [0.25, 0.3) is 0 Å². The molecule has 3 rings (SSSR count). The van der Waals surface area contributed by atoms with Crippen LogP contribution in [-0.4, -0.2) is 24.5 Å². The van der Waals surface area contributed by atoms with E-state index in [1.54, 1.807) is 19.4 Å². The maximum absolute atomic E-state index is 12.3. The number of hydrogen-bond donors (Lipinski definition) is 1. The molecule has 0 atom stereocenters. The second-order valence-corrected chi connectivity index (χ2v) is 6.69. The summed E-state index contributed by atoms with van der Waals surface area (Å²) in [5, 5.41) is 3.03. The van der Waals surface area contributed by atoms with E-state index in [4.69, 9.17) is 9.47 Å². The number of nitrogens with zero attached hydrogens (tertiary/aromatic N) is 1. The second-order valence-electron chi connectivity index (χ2n) is 6.69. The molecule has 0 saturated heterocycles. The quantitative estimate of drug-likeness (QED) is 0.817. The van der Waals surface area contributed by atoms with Crippen molar-refractivity contribution in [1.29, 1.82) is 0 Å². The summed E-state index contributed by atoms with van der Waals surface area (Å²) in [4.78, 5) is 16.6. The molecule has 1 N–H and O–H groups in total. The van der Waals surface area contributed by atoms with Crippen LogP contribution in [0.5, 0.6) is 11.5 Å². The van der Waals surface area contributed by atoms with Crippen molar-refractivity contribution in [2.45, 2.75) is 38.7 Å². The normalized spacial score (nSPS) is 14.7. The fourth-order valence-electron chi connectivity index (χ4n) is 3.26. The molecule has 1 aliphatic carbocycles. The molecule has 5 nitrogen and oxygen atoms in total. The summed E-state index contributed by atoms with van der Waals surface area (Å²) in [7, 11) is 1.61. The van der Waals surface area contributed by atoms with Crippen molar-refractivity contribution < 1.29 is 14.3 Å². The average molecular weight is 354 g/mol. The summed E-state index contributed by atoms with van der Waals surface area (Å²) >= 11 is 0. The topological polar surface area (TPSA) is 60.5 Å². The molecule has 0 spiro atoms. The van der Waals surface area contributed by atoms with Gasteiger partial charge >= 0.3 is 0 Å². The Bertz CT molecular complexity index is 709. The monoisotopic (exact) mass is 354 g/mol. The van der Waals surface area contributed by atoms with Gasteiger partial charge in [0.15, 0.2) is 11.5 Å². The fourth-order valence-corrected chi connectivity index (χ4v) is 3.26. The molecule has 5 heteroatoms. The van der Waals surface area contributed by atoms with Crippen LogP contribution in [0.1, 0.15) is 48.2 Å². The van der Waals surface area contributed by atoms with Crippen LogP contribution in [0.15, 0.2) is 42.6 Å². The van der Waals surface area contributed by atoms with Crippen molar-refractivity contribution >= 4 is 5.91 Å². The van der Waals surface area contributed by atoms with Crippen molar-refractivity contribution in [3.8, 4) is 11.5 Å². The Hall–Kier alpha value is -2.56. The molecule has 0 aliphatic heterocycles. The lowest BCUT2D eigenvalue weighted by molar-refractivity contribution is 0.0943. The average Bonchev–Trinajstić information content (AvgIpc) is 2.72. The number of benzene rings is 1. The van der Waals surface area contributed by atoms with Gasteiger partial charge in [-0.15, -0.1) is 0 Å². The van der Waals surface area contributed by atoms with E-state index in [-0.39, 0.29) is 5.91 Å². The molecule has 26 heavy (non-hydrogen) atoms. The SMILES string of the molecule is COc1ccccc1OCc1ccc(C(=O)NCC2CCCCC2)cn1. The van der Waals surface area contributed by atoms with Crippen molar-refractivity contribution in [1.82, 2.24) is 10.3 Å². The van der Waals surface area contributed by atoms with Gasteiger partial charge in [0.25, 0.3) is 5.91 Å². The Morgan fingerprint density at radius 1 is 1.12 bits per heavy atom. The van der Waals surface area contributed by atoms with E-state index in [0.717, 1.165) is 12.2 Å². The van der Waals surface area contributed by atoms with Crippen LogP contribution in [0.2, 0.25) is 0 Å². The van der Waals surface area contributed by atoms with Crippen molar-refractivity contribution in [3.05, 3.63) is 53.9 Å². The molecule has 2 aromatic rings.